The fourth-order valence-electron chi connectivity index (χ4n) is 6.72. The van der Waals surface area contributed by atoms with Gasteiger partial charge in [-0.3, -0.25) is 14.4 Å². The summed E-state index contributed by atoms with van der Waals surface area (Å²) in [6.45, 7) is 14.9. The summed E-state index contributed by atoms with van der Waals surface area (Å²) in [5.41, 5.74) is -0.384. The van der Waals surface area contributed by atoms with Gasteiger partial charge >= 0.3 is 0 Å². The predicted octanol–water partition coefficient (Wildman–Crippen LogP) is 3.17. The van der Waals surface area contributed by atoms with Gasteiger partial charge in [-0.1, -0.05) is 12.2 Å². The SMILES string of the molecule is C=CCN(C(=O)[C@@H]1[C@H]2C(=O)N(CCCCO)C(C(=O)N(CC=C)C(C)C)C23CC[C@H]1O3)c1ccc(OCC)cc1. The van der Waals surface area contributed by atoms with Crippen LogP contribution in [0.4, 0.5) is 5.69 Å². The first-order valence-corrected chi connectivity index (χ1v) is 14.4. The fraction of sp³-hybridized carbons (Fsp3) is 0.581. The first kappa shape index (κ1) is 29.8. The molecule has 3 amide bonds. The number of hydrogen-bond acceptors (Lipinski definition) is 6. The monoisotopic (exact) mass is 553 g/mol. The number of fused-ring (bicyclic) bond motifs is 1. The molecule has 0 saturated carbocycles. The lowest BCUT2D eigenvalue weighted by molar-refractivity contribution is -0.149. The van der Waals surface area contributed by atoms with E-state index in [1.165, 1.54) is 0 Å². The first-order valence-electron chi connectivity index (χ1n) is 14.4. The molecule has 9 heteroatoms. The van der Waals surface area contributed by atoms with Gasteiger partial charge in [0.2, 0.25) is 17.7 Å². The van der Waals surface area contributed by atoms with Crippen molar-refractivity contribution in [3.8, 4) is 5.75 Å². The maximum Gasteiger partial charge on any atom is 0.248 e. The van der Waals surface area contributed by atoms with Crippen LogP contribution in [0.25, 0.3) is 0 Å². The summed E-state index contributed by atoms with van der Waals surface area (Å²) in [5.74, 6) is -1.36. The second kappa shape index (κ2) is 12.6. The number of hydrogen-bond donors (Lipinski definition) is 1. The van der Waals surface area contributed by atoms with Gasteiger partial charge in [0.15, 0.2) is 0 Å². The Labute approximate surface area is 237 Å². The average Bonchev–Trinajstić information content (AvgIpc) is 3.58. The molecule has 2 unspecified atom stereocenters. The number of amides is 3. The highest BCUT2D eigenvalue weighted by Crippen LogP contribution is 2.59. The lowest BCUT2D eigenvalue weighted by Gasteiger charge is -2.38. The highest BCUT2D eigenvalue weighted by atomic mass is 16.5. The molecule has 0 aliphatic carbocycles. The molecule has 0 aromatic heterocycles. The summed E-state index contributed by atoms with van der Waals surface area (Å²) in [5, 5.41) is 9.38. The fourth-order valence-corrected chi connectivity index (χ4v) is 6.72. The molecule has 1 aromatic rings. The van der Waals surface area contributed by atoms with Crippen molar-refractivity contribution in [2.75, 3.05) is 37.7 Å². The van der Waals surface area contributed by atoms with Gasteiger partial charge in [-0.15, -0.1) is 13.2 Å². The van der Waals surface area contributed by atoms with Crippen LogP contribution >= 0.6 is 0 Å². The molecule has 218 valence electrons. The highest BCUT2D eigenvalue weighted by molar-refractivity contribution is 6.03. The van der Waals surface area contributed by atoms with Crippen LogP contribution in [0.5, 0.6) is 5.75 Å². The van der Waals surface area contributed by atoms with Crippen LogP contribution in [0.1, 0.15) is 46.5 Å². The lowest BCUT2D eigenvalue weighted by Crippen LogP contribution is -2.57. The zero-order valence-corrected chi connectivity index (χ0v) is 24.0. The summed E-state index contributed by atoms with van der Waals surface area (Å²) < 4.78 is 12.2. The smallest absolute Gasteiger partial charge is 0.248 e. The van der Waals surface area contributed by atoms with Gasteiger partial charge in [0, 0.05) is 38.0 Å². The molecule has 3 aliphatic rings. The molecule has 4 rings (SSSR count). The van der Waals surface area contributed by atoms with Crippen LogP contribution in [0.3, 0.4) is 0 Å². The van der Waals surface area contributed by atoms with Crippen LogP contribution < -0.4 is 9.64 Å². The summed E-state index contributed by atoms with van der Waals surface area (Å²) in [6, 6.07) is 6.37. The predicted molar refractivity (Wildman–Crippen MR) is 153 cm³/mol. The van der Waals surface area contributed by atoms with Crippen molar-refractivity contribution in [2.45, 2.75) is 70.2 Å². The van der Waals surface area contributed by atoms with Crippen molar-refractivity contribution in [3.05, 3.63) is 49.6 Å². The minimum absolute atomic E-state index is 0.00207. The molecule has 5 atom stereocenters. The van der Waals surface area contributed by atoms with E-state index in [1.54, 1.807) is 26.9 Å². The first-order chi connectivity index (χ1) is 19.2. The molecule has 0 radical (unpaired) electrons. The number of aliphatic hydroxyl groups excluding tert-OH is 1. The average molecular weight is 554 g/mol. The third kappa shape index (κ3) is 5.17. The van der Waals surface area contributed by atoms with E-state index in [1.807, 2.05) is 45.0 Å². The minimum atomic E-state index is -1.06. The number of ether oxygens (including phenoxy) is 2. The molecule has 3 fully saturated rings. The van der Waals surface area contributed by atoms with Crippen LogP contribution in [0, 0.1) is 11.8 Å². The molecule has 2 bridgehead atoms. The van der Waals surface area contributed by atoms with Gasteiger partial charge in [-0.2, -0.15) is 0 Å². The van der Waals surface area contributed by atoms with Gasteiger partial charge in [0.05, 0.1) is 24.5 Å². The zero-order valence-electron chi connectivity index (χ0n) is 24.0. The Morgan fingerprint density at radius 1 is 1.18 bits per heavy atom. The number of rotatable bonds is 14. The normalized spacial score (nSPS) is 26.6. The molecular weight excluding hydrogens is 510 g/mol. The van der Waals surface area contributed by atoms with Crippen molar-refractivity contribution >= 4 is 23.4 Å². The molecule has 3 saturated heterocycles. The Morgan fingerprint density at radius 2 is 1.88 bits per heavy atom. The third-order valence-electron chi connectivity index (χ3n) is 8.40. The number of carbonyl (C=O) groups excluding carboxylic acids is 3. The molecule has 1 spiro atoms. The number of carbonyl (C=O) groups is 3. The van der Waals surface area contributed by atoms with Crippen molar-refractivity contribution in [1.29, 1.82) is 0 Å². The Balaban J connectivity index is 1.71. The minimum Gasteiger partial charge on any atom is -0.494 e. The van der Waals surface area contributed by atoms with Crippen LogP contribution in [-0.2, 0) is 19.1 Å². The van der Waals surface area contributed by atoms with Crippen LogP contribution in [0.15, 0.2) is 49.6 Å². The Kier molecular flexibility index (Phi) is 9.36. The standard InChI is InChI=1S/C31H43N3O6/c1-6-17-32(21(4)5)30(38)27-31-16-15-24(40-31)25(26(31)29(37)34(27)19-9-10-20-35)28(36)33(18-7-2)22-11-13-23(14-12-22)39-8-3/h6-7,11-14,21,24-27,35H,1-2,8-10,15-20H2,3-5H3/t24-,25+,26+,27?,31?/m1/s1. The second-order valence-electron chi connectivity index (χ2n) is 11.1. The van der Waals surface area contributed by atoms with E-state index >= 15 is 0 Å². The van der Waals surface area contributed by atoms with Crippen molar-refractivity contribution in [1.82, 2.24) is 9.80 Å². The second-order valence-corrected chi connectivity index (χ2v) is 11.1. The number of anilines is 1. The number of aliphatic hydroxyl groups is 1. The topological polar surface area (TPSA) is 99.6 Å². The summed E-state index contributed by atoms with van der Waals surface area (Å²) in [6.07, 6.45) is 5.10. The van der Waals surface area contributed by atoms with Crippen LogP contribution in [-0.4, -0.2) is 89.3 Å². The molecule has 40 heavy (non-hydrogen) atoms. The number of likely N-dealkylation sites (tertiary alicyclic amines) is 1. The summed E-state index contributed by atoms with van der Waals surface area (Å²) in [4.78, 5) is 47.6. The molecule has 1 aromatic carbocycles. The van der Waals surface area contributed by atoms with E-state index in [0.29, 0.717) is 56.8 Å². The Hall–Kier alpha value is -3.17. The van der Waals surface area contributed by atoms with Gasteiger partial charge in [-0.25, -0.2) is 0 Å². The van der Waals surface area contributed by atoms with Gasteiger partial charge in [0.1, 0.15) is 17.4 Å². The molecule has 3 heterocycles. The largest absolute Gasteiger partial charge is 0.494 e. The molecule has 1 N–H and O–H groups in total. The number of benzene rings is 1. The van der Waals surface area contributed by atoms with Gasteiger partial charge in [-0.05, 0) is 70.7 Å². The van der Waals surface area contributed by atoms with Crippen molar-refractivity contribution in [2.24, 2.45) is 11.8 Å². The summed E-state index contributed by atoms with van der Waals surface area (Å²) in [7, 11) is 0. The van der Waals surface area contributed by atoms with E-state index in [9.17, 15) is 19.5 Å². The summed E-state index contributed by atoms with van der Waals surface area (Å²) >= 11 is 0. The van der Waals surface area contributed by atoms with E-state index in [4.69, 9.17) is 9.47 Å². The van der Waals surface area contributed by atoms with E-state index < -0.39 is 29.6 Å². The van der Waals surface area contributed by atoms with Gasteiger partial charge in [0.25, 0.3) is 0 Å². The van der Waals surface area contributed by atoms with E-state index in [-0.39, 0.29) is 36.9 Å². The molecular formula is C31H43N3O6. The van der Waals surface area contributed by atoms with E-state index in [0.717, 1.165) is 0 Å². The molecule has 9 nitrogen and oxygen atoms in total. The lowest BCUT2D eigenvalue weighted by atomic mass is 9.70. The number of unbranched alkanes of at least 4 members (excludes halogenated alkanes) is 1. The maximum atomic E-state index is 14.3. The van der Waals surface area contributed by atoms with Crippen molar-refractivity contribution in [3.63, 3.8) is 0 Å². The quantitative estimate of drug-likeness (QED) is 0.281. The number of nitrogens with zero attached hydrogens (tertiary/aromatic N) is 3. The van der Waals surface area contributed by atoms with Crippen LogP contribution in [0.2, 0.25) is 0 Å². The maximum absolute atomic E-state index is 14.3. The Morgan fingerprint density at radius 3 is 2.48 bits per heavy atom. The van der Waals surface area contributed by atoms with Crippen molar-refractivity contribution < 1.29 is 29.0 Å². The zero-order chi connectivity index (χ0) is 29.0. The third-order valence-corrected chi connectivity index (χ3v) is 8.40. The Bertz CT molecular complexity index is 1100. The molecule has 3 aliphatic heterocycles. The van der Waals surface area contributed by atoms with Gasteiger partial charge < -0.3 is 29.3 Å². The highest BCUT2D eigenvalue weighted by Gasteiger charge is 2.74. The van der Waals surface area contributed by atoms with E-state index in [2.05, 4.69) is 13.2 Å².